The molecule has 2 rings (SSSR count). The summed E-state index contributed by atoms with van der Waals surface area (Å²) in [5.74, 6) is 0.434. The van der Waals surface area contributed by atoms with Crippen molar-refractivity contribution in [1.82, 2.24) is 15.3 Å². The molecule has 0 saturated heterocycles. The van der Waals surface area contributed by atoms with Crippen LogP contribution in [0.15, 0.2) is 36.7 Å². The van der Waals surface area contributed by atoms with Crippen molar-refractivity contribution < 1.29 is 9.90 Å². The zero-order valence-corrected chi connectivity index (χ0v) is 11.1. The molecule has 1 amide bonds. The van der Waals surface area contributed by atoms with Crippen LogP contribution in [0.5, 0.6) is 5.75 Å². The molecule has 0 saturated carbocycles. The van der Waals surface area contributed by atoms with Crippen molar-refractivity contribution in [3.8, 4) is 11.8 Å². The molecule has 1 heterocycles. The second kappa shape index (κ2) is 6.86. The van der Waals surface area contributed by atoms with Gasteiger partial charge in [-0.2, -0.15) is 5.26 Å². The van der Waals surface area contributed by atoms with Crippen molar-refractivity contribution in [2.45, 2.75) is 0 Å². The first kappa shape index (κ1) is 14.3. The maximum absolute atomic E-state index is 11.8. The number of amides is 1. The van der Waals surface area contributed by atoms with Crippen molar-refractivity contribution in [3.05, 3.63) is 47.9 Å². The predicted molar refractivity (Wildman–Crippen MR) is 75.7 cm³/mol. The van der Waals surface area contributed by atoms with E-state index < -0.39 is 0 Å². The molecule has 21 heavy (non-hydrogen) atoms. The van der Waals surface area contributed by atoms with Crippen molar-refractivity contribution in [2.24, 2.45) is 0 Å². The van der Waals surface area contributed by atoms with Gasteiger partial charge in [-0.05, 0) is 24.3 Å². The maximum atomic E-state index is 11.8. The fourth-order valence-electron chi connectivity index (χ4n) is 1.56. The number of nitrogens with one attached hydrogen (secondary N) is 2. The van der Waals surface area contributed by atoms with Crippen LogP contribution in [0.2, 0.25) is 0 Å². The van der Waals surface area contributed by atoms with E-state index in [0.29, 0.717) is 24.5 Å². The van der Waals surface area contributed by atoms with Crippen LogP contribution < -0.4 is 10.6 Å². The number of benzene rings is 1. The number of anilines is 1. The van der Waals surface area contributed by atoms with E-state index in [1.807, 2.05) is 6.07 Å². The molecule has 0 fully saturated rings. The van der Waals surface area contributed by atoms with E-state index in [1.165, 1.54) is 24.5 Å². The Bertz CT molecular complexity index is 647. The van der Waals surface area contributed by atoms with Gasteiger partial charge in [-0.3, -0.25) is 4.79 Å². The first-order valence-electron chi connectivity index (χ1n) is 6.22. The number of aromatic nitrogens is 2. The topological polar surface area (TPSA) is 111 Å². The quantitative estimate of drug-likeness (QED) is 0.703. The molecule has 0 aliphatic rings. The summed E-state index contributed by atoms with van der Waals surface area (Å²) in [6, 6.07) is 7.89. The van der Waals surface area contributed by atoms with E-state index in [-0.39, 0.29) is 17.4 Å². The Morgan fingerprint density at radius 3 is 2.57 bits per heavy atom. The van der Waals surface area contributed by atoms with Crippen LogP contribution >= 0.6 is 0 Å². The number of carbonyl (C=O) groups excluding carboxylic acids is 1. The van der Waals surface area contributed by atoms with E-state index >= 15 is 0 Å². The summed E-state index contributed by atoms with van der Waals surface area (Å²) in [5.41, 5.74) is 0.729. The minimum atomic E-state index is -0.220. The Hall–Kier alpha value is -3.14. The molecule has 106 valence electrons. The third kappa shape index (κ3) is 4.18. The third-order valence-corrected chi connectivity index (χ3v) is 2.61. The monoisotopic (exact) mass is 283 g/mol. The first-order valence-corrected chi connectivity index (χ1v) is 6.22. The highest BCUT2D eigenvalue weighted by atomic mass is 16.3. The van der Waals surface area contributed by atoms with Gasteiger partial charge in [0.25, 0.3) is 5.91 Å². The van der Waals surface area contributed by atoms with Gasteiger partial charge in [0.15, 0.2) is 5.69 Å². The largest absolute Gasteiger partial charge is 0.508 e. The SMILES string of the molecule is N#Cc1cnc(NCCNC(=O)c2ccc(O)cc2)cn1. The number of rotatable bonds is 5. The minimum absolute atomic E-state index is 0.118. The van der Waals surface area contributed by atoms with Gasteiger partial charge in [0, 0.05) is 18.7 Å². The molecule has 0 spiro atoms. The van der Waals surface area contributed by atoms with Crippen molar-refractivity contribution in [3.63, 3.8) is 0 Å². The van der Waals surface area contributed by atoms with Crippen LogP contribution in [0.1, 0.15) is 16.1 Å². The van der Waals surface area contributed by atoms with Gasteiger partial charge >= 0.3 is 0 Å². The summed E-state index contributed by atoms with van der Waals surface area (Å²) in [4.78, 5) is 19.6. The predicted octanol–water partition coefficient (Wildman–Crippen LogP) is 0.896. The number of nitrogens with zero attached hydrogens (tertiary/aromatic N) is 3. The van der Waals surface area contributed by atoms with Crippen LogP contribution in [0.4, 0.5) is 5.82 Å². The number of nitriles is 1. The normalized spacial score (nSPS) is 9.67. The van der Waals surface area contributed by atoms with Gasteiger partial charge in [0.05, 0.1) is 12.4 Å². The van der Waals surface area contributed by atoms with Crippen LogP contribution in [0.25, 0.3) is 0 Å². The van der Waals surface area contributed by atoms with Gasteiger partial charge in [-0.15, -0.1) is 0 Å². The van der Waals surface area contributed by atoms with Gasteiger partial charge in [0.1, 0.15) is 17.6 Å². The Balaban J connectivity index is 1.75. The molecule has 2 aromatic rings. The second-order valence-electron chi connectivity index (χ2n) is 4.13. The average Bonchev–Trinajstić information content (AvgIpc) is 2.52. The molecular weight excluding hydrogens is 270 g/mol. The standard InChI is InChI=1S/C14H13N5O2/c15-7-11-8-19-13(9-18-11)16-5-6-17-14(21)10-1-3-12(20)4-2-10/h1-4,8-9,20H,5-6H2,(H,16,19)(H,17,21). The fraction of sp³-hybridized carbons (Fsp3) is 0.143. The molecule has 0 radical (unpaired) electrons. The Morgan fingerprint density at radius 1 is 1.19 bits per heavy atom. The summed E-state index contributed by atoms with van der Waals surface area (Å²) in [6.07, 6.45) is 2.83. The summed E-state index contributed by atoms with van der Waals surface area (Å²) in [5, 5.41) is 23.4. The van der Waals surface area contributed by atoms with E-state index in [1.54, 1.807) is 12.1 Å². The number of phenolic OH excluding ortho intramolecular Hbond substituents is 1. The highest BCUT2D eigenvalue weighted by Crippen LogP contribution is 2.09. The summed E-state index contributed by atoms with van der Waals surface area (Å²) >= 11 is 0. The molecule has 0 unspecified atom stereocenters. The number of carbonyl (C=O) groups is 1. The van der Waals surface area contributed by atoms with Crippen LogP contribution in [-0.4, -0.2) is 34.1 Å². The maximum Gasteiger partial charge on any atom is 0.251 e. The van der Waals surface area contributed by atoms with Crippen molar-refractivity contribution in [1.29, 1.82) is 5.26 Å². The molecule has 1 aromatic carbocycles. The second-order valence-corrected chi connectivity index (χ2v) is 4.13. The lowest BCUT2D eigenvalue weighted by atomic mass is 10.2. The van der Waals surface area contributed by atoms with E-state index in [0.717, 1.165) is 0 Å². The highest BCUT2D eigenvalue weighted by molar-refractivity contribution is 5.94. The average molecular weight is 283 g/mol. The molecule has 1 aromatic heterocycles. The Kier molecular flexibility index (Phi) is 4.66. The van der Waals surface area contributed by atoms with Crippen LogP contribution in [0.3, 0.4) is 0 Å². The zero-order valence-electron chi connectivity index (χ0n) is 11.1. The van der Waals surface area contributed by atoms with Gasteiger partial charge < -0.3 is 15.7 Å². The highest BCUT2D eigenvalue weighted by Gasteiger charge is 2.04. The first-order chi connectivity index (χ1) is 10.2. The molecular formula is C14H13N5O2. The molecule has 0 atom stereocenters. The van der Waals surface area contributed by atoms with E-state index in [4.69, 9.17) is 10.4 Å². The molecule has 0 bridgehead atoms. The Labute approximate surface area is 121 Å². The van der Waals surface area contributed by atoms with E-state index in [2.05, 4.69) is 20.6 Å². The Morgan fingerprint density at radius 2 is 1.95 bits per heavy atom. The molecule has 0 aliphatic heterocycles. The lowest BCUT2D eigenvalue weighted by Gasteiger charge is -2.07. The third-order valence-electron chi connectivity index (χ3n) is 2.61. The molecule has 7 nitrogen and oxygen atoms in total. The smallest absolute Gasteiger partial charge is 0.251 e. The van der Waals surface area contributed by atoms with Crippen LogP contribution in [0, 0.1) is 11.3 Å². The van der Waals surface area contributed by atoms with Crippen molar-refractivity contribution in [2.75, 3.05) is 18.4 Å². The molecule has 0 aliphatic carbocycles. The fourth-order valence-corrected chi connectivity index (χ4v) is 1.56. The van der Waals surface area contributed by atoms with Gasteiger partial charge in [-0.25, -0.2) is 9.97 Å². The number of hydrogen-bond acceptors (Lipinski definition) is 6. The van der Waals surface area contributed by atoms with Crippen molar-refractivity contribution >= 4 is 11.7 Å². The van der Waals surface area contributed by atoms with Gasteiger partial charge in [0.2, 0.25) is 0 Å². The van der Waals surface area contributed by atoms with E-state index in [9.17, 15) is 4.79 Å². The number of phenols is 1. The molecule has 3 N–H and O–H groups in total. The van der Waals surface area contributed by atoms with Crippen LogP contribution in [-0.2, 0) is 0 Å². The van der Waals surface area contributed by atoms with Gasteiger partial charge in [-0.1, -0.05) is 0 Å². The zero-order chi connectivity index (χ0) is 15.1. The lowest BCUT2D eigenvalue weighted by Crippen LogP contribution is -2.28. The molecule has 7 heteroatoms. The summed E-state index contributed by atoms with van der Waals surface area (Å²) < 4.78 is 0. The minimum Gasteiger partial charge on any atom is -0.508 e. The summed E-state index contributed by atoms with van der Waals surface area (Å²) in [7, 11) is 0. The lowest BCUT2D eigenvalue weighted by molar-refractivity contribution is 0.0955. The number of hydrogen-bond donors (Lipinski definition) is 3. The summed E-state index contributed by atoms with van der Waals surface area (Å²) in [6.45, 7) is 0.881. The number of aromatic hydroxyl groups is 1.